The third-order valence-electron chi connectivity index (χ3n) is 5.00. The maximum absolute atomic E-state index is 4.26. The first-order chi connectivity index (χ1) is 13.9. The number of nitrogens with zero attached hydrogens (tertiary/aromatic N) is 3. The molecule has 0 atom stereocenters. The van der Waals surface area contributed by atoms with Gasteiger partial charge in [-0.15, -0.1) is 0 Å². The first kappa shape index (κ1) is 16.3. The van der Waals surface area contributed by atoms with Crippen molar-refractivity contribution in [3.05, 3.63) is 104 Å². The molecule has 0 N–H and O–H groups in total. The maximum atomic E-state index is 4.26. The van der Waals surface area contributed by atoms with E-state index in [2.05, 4.69) is 75.6 Å². The highest BCUT2D eigenvalue weighted by atomic mass is 14.6. The van der Waals surface area contributed by atoms with Crippen LogP contribution in [0.5, 0.6) is 0 Å². The van der Waals surface area contributed by atoms with Gasteiger partial charge in [0.2, 0.25) is 0 Å². The zero-order chi connectivity index (χ0) is 18.8. The van der Waals surface area contributed by atoms with Gasteiger partial charge in [0.25, 0.3) is 0 Å². The molecule has 28 heavy (non-hydrogen) atoms. The first-order valence-corrected chi connectivity index (χ1v) is 9.18. The molecule has 3 aromatic heterocycles. The summed E-state index contributed by atoms with van der Waals surface area (Å²) in [5, 5.41) is 0. The Labute approximate surface area is 163 Å². The summed E-state index contributed by atoms with van der Waals surface area (Å²) < 4.78 is 0. The fraction of sp³-hybridized carbons (Fsp3) is 0. The van der Waals surface area contributed by atoms with Crippen LogP contribution in [0.15, 0.2) is 104 Å². The summed E-state index contributed by atoms with van der Waals surface area (Å²) in [6.45, 7) is 0. The van der Waals surface area contributed by atoms with Crippen molar-refractivity contribution in [3.63, 3.8) is 0 Å². The lowest BCUT2D eigenvalue weighted by atomic mass is 10.0. The van der Waals surface area contributed by atoms with Gasteiger partial charge in [0.1, 0.15) is 0 Å². The maximum Gasteiger partial charge on any atom is 0.0346 e. The summed E-state index contributed by atoms with van der Waals surface area (Å²) in [6.07, 6.45) is 11.0. The van der Waals surface area contributed by atoms with E-state index in [4.69, 9.17) is 0 Å². The Morgan fingerprint density at radius 1 is 0.393 bits per heavy atom. The van der Waals surface area contributed by atoms with Crippen molar-refractivity contribution in [2.24, 2.45) is 0 Å². The number of aromatic nitrogens is 3. The Bertz CT molecular complexity index is 1110. The van der Waals surface area contributed by atoms with E-state index in [1.807, 2.05) is 37.1 Å². The van der Waals surface area contributed by atoms with Crippen LogP contribution in [0.25, 0.3) is 44.5 Å². The molecule has 0 aliphatic heterocycles. The van der Waals surface area contributed by atoms with Gasteiger partial charge < -0.3 is 0 Å². The molecule has 3 heterocycles. The lowest BCUT2D eigenvalue weighted by Gasteiger charge is -2.02. The molecule has 0 unspecified atom stereocenters. The van der Waals surface area contributed by atoms with Crippen molar-refractivity contribution < 1.29 is 0 Å². The van der Waals surface area contributed by atoms with Crippen LogP contribution in [-0.4, -0.2) is 15.0 Å². The minimum atomic E-state index is 1.11. The molecule has 2 aliphatic carbocycles. The smallest absolute Gasteiger partial charge is 0.0346 e. The number of hydrogen-bond donors (Lipinski definition) is 0. The van der Waals surface area contributed by atoms with Crippen LogP contribution in [0.1, 0.15) is 0 Å². The second-order valence-corrected chi connectivity index (χ2v) is 6.63. The molecule has 0 spiro atoms. The van der Waals surface area contributed by atoms with E-state index in [0.29, 0.717) is 0 Å². The molecule has 0 saturated carbocycles. The largest absolute Gasteiger partial charge is 0.265 e. The molecule has 2 aliphatic rings. The Balaban J connectivity index is 1.76. The summed E-state index contributed by atoms with van der Waals surface area (Å²) in [5.74, 6) is 0. The van der Waals surface area contributed by atoms with Gasteiger partial charge >= 0.3 is 0 Å². The monoisotopic (exact) mass is 359 g/mol. The topological polar surface area (TPSA) is 38.7 Å². The molecule has 3 aromatic rings. The van der Waals surface area contributed by atoms with Crippen molar-refractivity contribution in [1.82, 2.24) is 15.0 Å². The van der Waals surface area contributed by atoms with Crippen molar-refractivity contribution in [2.45, 2.75) is 0 Å². The zero-order valence-corrected chi connectivity index (χ0v) is 15.2. The predicted octanol–water partition coefficient (Wildman–Crippen LogP) is 5.98. The van der Waals surface area contributed by atoms with E-state index in [1.165, 1.54) is 22.3 Å². The zero-order valence-electron chi connectivity index (χ0n) is 15.2. The van der Waals surface area contributed by atoms with E-state index in [-0.39, 0.29) is 0 Å². The van der Waals surface area contributed by atoms with E-state index in [1.54, 1.807) is 6.20 Å². The summed E-state index contributed by atoms with van der Waals surface area (Å²) >= 11 is 0. The highest BCUT2D eigenvalue weighted by Gasteiger charge is 2.17. The average molecular weight is 359 g/mol. The van der Waals surface area contributed by atoms with Crippen LogP contribution in [-0.2, 0) is 0 Å². The van der Waals surface area contributed by atoms with Crippen molar-refractivity contribution >= 4 is 0 Å². The van der Waals surface area contributed by atoms with E-state index in [9.17, 15) is 0 Å². The number of hydrogen-bond acceptors (Lipinski definition) is 3. The van der Waals surface area contributed by atoms with Crippen molar-refractivity contribution in [1.29, 1.82) is 0 Å². The van der Waals surface area contributed by atoms with E-state index in [0.717, 1.165) is 22.3 Å². The van der Waals surface area contributed by atoms with Crippen LogP contribution in [0.3, 0.4) is 0 Å². The molecule has 0 amide bonds. The minimum Gasteiger partial charge on any atom is -0.265 e. The Morgan fingerprint density at radius 3 is 1.46 bits per heavy atom. The quantitative estimate of drug-likeness (QED) is 0.398. The highest BCUT2D eigenvalue weighted by molar-refractivity contribution is 5.97. The van der Waals surface area contributed by atoms with Crippen LogP contribution >= 0.6 is 0 Å². The average Bonchev–Trinajstić information content (AvgIpc) is 3.00. The van der Waals surface area contributed by atoms with Crippen LogP contribution in [0.4, 0.5) is 0 Å². The summed E-state index contributed by atoms with van der Waals surface area (Å²) in [6, 6.07) is 23.3. The van der Waals surface area contributed by atoms with Gasteiger partial charge in [0.15, 0.2) is 0 Å². The molecule has 0 bridgehead atoms. The SMILES string of the molecule is c1cncc(-c2ccc3c(-c4ccncc4)cc(-c4ccncc4)c-3cc2)c1. The molecule has 132 valence electrons. The second kappa shape index (κ2) is 7.05. The van der Waals surface area contributed by atoms with Gasteiger partial charge in [-0.05, 0) is 80.9 Å². The normalized spacial score (nSPS) is 10.9. The van der Waals surface area contributed by atoms with Gasteiger partial charge in [0.05, 0.1) is 0 Å². The van der Waals surface area contributed by atoms with Gasteiger partial charge in [-0.2, -0.15) is 0 Å². The third-order valence-corrected chi connectivity index (χ3v) is 5.00. The Morgan fingerprint density at radius 2 is 0.964 bits per heavy atom. The molecule has 0 fully saturated rings. The molecule has 0 radical (unpaired) electrons. The van der Waals surface area contributed by atoms with Gasteiger partial charge in [-0.25, -0.2) is 0 Å². The van der Waals surface area contributed by atoms with Crippen molar-refractivity contribution in [3.8, 4) is 44.5 Å². The summed E-state index contributed by atoms with van der Waals surface area (Å²) in [7, 11) is 0. The van der Waals surface area contributed by atoms with Crippen LogP contribution < -0.4 is 0 Å². The molecule has 5 rings (SSSR count). The molecule has 3 nitrogen and oxygen atoms in total. The fourth-order valence-corrected chi connectivity index (χ4v) is 3.62. The number of pyridine rings is 3. The van der Waals surface area contributed by atoms with Crippen LogP contribution in [0, 0.1) is 0 Å². The van der Waals surface area contributed by atoms with Gasteiger partial charge in [-0.3, -0.25) is 15.0 Å². The Kier molecular flexibility index (Phi) is 4.11. The predicted molar refractivity (Wildman–Crippen MR) is 113 cm³/mol. The fourth-order valence-electron chi connectivity index (χ4n) is 3.62. The lowest BCUT2D eigenvalue weighted by molar-refractivity contribution is 1.33. The van der Waals surface area contributed by atoms with Crippen LogP contribution in [0.2, 0.25) is 0 Å². The standard InChI is InChI=1S/C25H17N3/c1-2-21(17-28-11-1)18-3-5-22-23(6-4-18)25(20-9-14-27-15-10-20)16-24(22)19-7-12-26-13-8-19/h1-17H. The Hall–Kier alpha value is -3.85. The summed E-state index contributed by atoms with van der Waals surface area (Å²) in [5.41, 5.74) is 9.42. The second-order valence-electron chi connectivity index (χ2n) is 6.63. The lowest BCUT2D eigenvalue weighted by Crippen LogP contribution is -1.78. The van der Waals surface area contributed by atoms with Gasteiger partial charge in [-0.1, -0.05) is 30.3 Å². The highest BCUT2D eigenvalue weighted by Crippen LogP contribution is 2.43. The van der Waals surface area contributed by atoms with E-state index >= 15 is 0 Å². The number of rotatable bonds is 3. The van der Waals surface area contributed by atoms with E-state index < -0.39 is 0 Å². The number of fused-ring (bicyclic) bond motifs is 1. The van der Waals surface area contributed by atoms with Gasteiger partial charge in [0, 0.05) is 37.2 Å². The minimum absolute atomic E-state index is 1.11. The first-order valence-electron chi connectivity index (χ1n) is 9.18. The molecule has 0 aromatic carbocycles. The van der Waals surface area contributed by atoms with Crippen molar-refractivity contribution in [2.75, 3.05) is 0 Å². The summed E-state index contributed by atoms with van der Waals surface area (Å²) in [4.78, 5) is 12.6. The molecule has 3 heteroatoms. The molecule has 0 saturated heterocycles. The third kappa shape index (κ3) is 2.93. The molecular formula is C25H17N3. The molecular weight excluding hydrogens is 342 g/mol.